The van der Waals surface area contributed by atoms with E-state index in [1.165, 1.54) is 20.1 Å². The summed E-state index contributed by atoms with van der Waals surface area (Å²) in [7, 11) is 1.18. The van der Waals surface area contributed by atoms with Crippen LogP contribution in [0.25, 0.3) is 6.20 Å². The van der Waals surface area contributed by atoms with Crippen LogP contribution >= 0.6 is 0 Å². The van der Waals surface area contributed by atoms with Crippen LogP contribution in [0.4, 0.5) is 18.0 Å². The number of hydrogen-bond acceptors (Lipinski definition) is 5. The predicted molar refractivity (Wildman–Crippen MR) is 124 cm³/mol. The van der Waals surface area contributed by atoms with Gasteiger partial charge >= 0.3 is 12.3 Å². The molecule has 0 radical (unpaired) electrons. The Balaban J connectivity index is 1.54. The molecule has 4 aliphatic rings. The van der Waals surface area contributed by atoms with E-state index < -0.39 is 35.0 Å². The second-order valence-corrected chi connectivity index (χ2v) is 10.9. The molecule has 4 fully saturated rings. The normalized spacial score (nSPS) is 29.3. The fourth-order valence-electron chi connectivity index (χ4n) is 6.55. The number of hydrogen-bond donors (Lipinski definition) is 3. The minimum Gasteiger partial charge on any atom is -0.453 e. The third kappa shape index (κ3) is 5.22. The van der Waals surface area contributed by atoms with Crippen LogP contribution in [0.3, 0.4) is 0 Å². The zero-order valence-corrected chi connectivity index (χ0v) is 20.7. The van der Waals surface area contributed by atoms with Crippen LogP contribution in [0.15, 0.2) is 12.3 Å². The monoisotopic (exact) mass is 511 g/mol. The second kappa shape index (κ2) is 9.11. The van der Waals surface area contributed by atoms with Crippen molar-refractivity contribution in [3.63, 3.8) is 0 Å². The largest absolute Gasteiger partial charge is 0.453 e. The number of aromatic nitrogens is 2. The van der Waals surface area contributed by atoms with Crippen molar-refractivity contribution in [3.8, 4) is 0 Å². The molecule has 4 aliphatic carbocycles. The maximum atomic E-state index is 14.0. The number of methoxy groups -OCH3 is 1. The fourth-order valence-corrected chi connectivity index (χ4v) is 6.55. The topological polar surface area (TPSA) is 114 Å². The average molecular weight is 512 g/mol. The smallest absolute Gasteiger partial charge is 0.434 e. The standard InChI is InChI=1S/C24H32F3N5O4/c1-13(33)30-23-9-14-7-15(10-23)18(16(8-14)11-23)29-20(34)17-12-28-32(19(17)24(25,26)27)6-5-22(2,3)31-21(35)36-4/h5-6,12,14-16,18H,7-11H2,1-4H3,(H,29,34)(H,30,33)(H,31,35)/b6-5+. The third-order valence-electron chi connectivity index (χ3n) is 7.56. The van der Waals surface area contributed by atoms with Crippen molar-refractivity contribution in [1.29, 1.82) is 0 Å². The minimum atomic E-state index is -4.84. The van der Waals surface area contributed by atoms with Crippen LogP contribution in [0, 0.1) is 17.8 Å². The van der Waals surface area contributed by atoms with Crippen LogP contribution in [-0.2, 0) is 15.7 Å². The number of alkyl carbamates (subject to hydrolysis) is 1. The molecule has 1 aromatic rings. The number of amides is 3. The Morgan fingerprint density at radius 1 is 1.17 bits per heavy atom. The summed E-state index contributed by atoms with van der Waals surface area (Å²) in [6.45, 7) is 4.64. The summed E-state index contributed by atoms with van der Waals surface area (Å²) in [5.41, 5.74) is -3.06. The van der Waals surface area contributed by atoms with Gasteiger partial charge < -0.3 is 20.7 Å². The fraction of sp³-hybridized carbons (Fsp3) is 0.667. The quantitative estimate of drug-likeness (QED) is 0.542. The lowest BCUT2D eigenvalue weighted by atomic mass is 9.51. The van der Waals surface area contributed by atoms with Gasteiger partial charge in [-0.1, -0.05) is 0 Å². The van der Waals surface area contributed by atoms with Crippen molar-refractivity contribution in [1.82, 2.24) is 25.7 Å². The zero-order valence-electron chi connectivity index (χ0n) is 20.7. The van der Waals surface area contributed by atoms with Gasteiger partial charge in [0.1, 0.15) is 0 Å². The maximum absolute atomic E-state index is 14.0. The molecule has 1 heterocycles. The first-order chi connectivity index (χ1) is 16.7. The molecule has 9 nitrogen and oxygen atoms in total. The van der Waals surface area contributed by atoms with E-state index in [1.54, 1.807) is 13.8 Å². The van der Waals surface area contributed by atoms with E-state index in [0.717, 1.165) is 31.7 Å². The third-order valence-corrected chi connectivity index (χ3v) is 7.56. The molecule has 0 spiro atoms. The lowest BCUT2D eigenvalue weighted by Crippen LogP contribution is -2.66. The molecule has 2 unspecified atom stereocenters. The molecule has 3 amide bonds. The highest BCUT2D eigenvalue weighted by Crippen LogP contribution is 2.55. The molecule has 0 saturated heterocycles. The summed E-state index contributed by atoms with van der Waals surface area (Å²) >= 11 is 0. The first kappa shape index (κ1) is 26.0. The van der Waals surface area contributed by atoms with Crippen molar-refractivity contribution in [2.75, 3.05) is 7.11 Å². The summed E-state index contributed by atoms with van der Waals surface area (Å²) < 4.78 is 47.2. The number of rotatable bonds is 6. The molecular formula is C24H32F3N5O4. The zero-order chi connectivity index (χ0) is 26.5. The Bertz CT molecular complexity index is 1060. The Labute approximate surface area is 207 Å². The van der Waals surface area contributed by atoms with E-state index in [-0.39, 0.29) is 29.3 Å². The SMILES string of the molecule is COC(=O)NC(C)(C)/C=C/n1ncc(C(=O)NC2C3CC4CC2CC(NC(C)=O)(C4)C3)c1C(F)(F)F. The Hall–Kier alpha value is -3.05. The highest BCUT2D eigenvalue weighted by Gasteiger charge is 2.56. The van der Waals surface area contributed by atoms with Gasteiger partial charge in [-0.05, 0) is 69.8 Å². The van der Waals surface area contributed by atoms with Gasteiger partial charge in [0.15, 0.2) is 5.69 Å². The molecule has 5 rings (SSSR count). The highest BCUT2D eigenvalue weighted by atomic mass is 19.4. The molecule has 4 bridgehead atoms. The van der Waals surface area contributed by atoms with Gasteiger partial charge in [-0.15, -0.1) is 0 Å². The van der Waals surface area contributed by atoms with Crippen molar-refractivity contribution < 1.29 is 32.3 Å². The van der Waals surface area contributed by atoms with Gasteiger partial charge in [0, 0.05) is 24.7 Å². The number of nitrogens with zero attached hydrogens (tertiary/aromatic N) is 2. The van der Waals surface area contributed by atoms with Gasteiger partial charge in [-0.25, -0.2) is 9.48 Å². The second-order valence-electron chi connectivity index (χ2n) is 10.9. The molecule has 2 atom stereocenters. The van der Waals surface area contributed by atoms with E-state index in [2.05, 4.69) is 25.8 Å². The van der Waals surface area contributed by atoms with E-state index in [0.29, 0.717) is 23.4 Å². The Kier molecular flexibility index (Phi) is 6.59. The van der Waals surface area contributed by atoms with E-state index in [1.807, 2.05) is 0 Å². The number of nitrogens with one attached hydrogen (secondary N) is 3. The lowest BCUT2D eigenvalue weighted by Gasteiger charge is -2.60. The predicted octanol–water partition coefficient (Wildman–Crippen LogP) is 3.32. The molecule has 1 aromatic heterocycles. The van der Waals surface area contributed by atoms with Crippen LogP contribution in [0.2, 0.25) is 0 Å². The van der Waals surface area contributed by atoms with Crippen molar-refractivity contribution in [2.24, 2.45) is 17.8 Å². The van der Waals surface area contributed by atoms with Gasteiger partial charge in [0.2, 0.25) is 5.91 Å². The van der Waals surface area contributed by atoms with Gasteiger partial charge in [-0.2, -0.15) is 18.3 Å². The number of ether oxygens (including phenoxy) is 1. The van der Waals surface area contributed by atoms with Crippen LogP contribution in [-0.4, -0.2) is 51.9 Å². The molecule has 0 aromatic carbocycles. The van der Waals surface area contributed by atoms with Crippen LogP contribution in [0.5, 0.6) is 0 Å². The van der Waals surface area contributed by atoms with E-state index in [4.69, 9.17) is 0 Å². The molecule has 36 heavy (non-hydrogen) atoms. The van der Waals surface area contributed by atoms with Crippen molar-refractivity contribution in [2.45, 2.75) is 76.2 Å². The molecule has 12 heteroatoms. The first-order valence-electron chi connectivity index (χ1n) is 12.0. The number of carbonyl (C=O) groups is 3. The molecule has 198 valence electrons. The summed E-state index contributed by atoms with van der Waals surface area (Å²) in [4.78, 5) is 36.4. The molecule has 3 N–H and O–H groups in total. The Morgan fingerprint density at radius 3 is 2.36 bits per heavy atom. The number of halogens is 3. The van der Waals surface area contributed by atoms with Crippen molar-refractivity contribution in [3.05, 3.63) is 23.5 Å². The van der Waals surface area contributed by atoms with Gasteiger partial charge in [0.25, 0.3) is 5.91 Å². The summed E-state index contributed by atoms with van der Waals surface area (Å²) in [5.74, 6) is -0.260. The summed E-state index contributed by atoms with van der Waals surface area (Å²) in [6.07, 6.45) is 1.84. The van der Waals surface area contributed by atoms with Crippen molar-refractivity contribution >= 4 is 24.1 Å². The van der Waals surface area contributed by atoms with Crippen LogP contribution < -0.4 is 16.0 Å². The molecule has 0 aliphatic heterocycles. The average Bonchev–Trinajstić information content (AvgIpc) is 3.18. The number of alkyl halides is 3. The highest BCUT2D eigenvalue weighted by molar-refractivity contribution is 5.95. The summed E-state index contributed by atoms with van der Waals surface area (Å²) in [6, 6.07) is -0.251. The van der Waals surface area contributed by atoms with Crippen LogP contribution in [0.1, 0.15) is 68.9 Å². The first-order valence-corrected chi connectivity index (χ1v) is 12.0. The Morgan fingerprint density at radius 2 is 1.81 bits per heavy atom. The number of carbonyl (C=O) groups excluding carboxylic acids is 3. The molecule has 4 saturated carbocycles. The molecular weight excluding hydrogens is 479 g/mol. The van der Waals surface area contributed by atoms with Gasteiger partial charge in [0.05, 0.1) is 24.4 Å². The minimum absolute atomic E-state index is 0.0854. The maximum Gasteiger partial charge on any atom is 0.434 e. The lowest BCUT2D eigenvalue weighted by molar-refractivity contribution is -0.142. The van der Waals surface area contributed by atoms with E-state index in [9.17, 15) is 27.6 Å². The summed E-state index contributed by atoms with van der Waals surface area (Å²) in [5, 5.41) is 12.3. The van der Waals surface area contributed by atoms with E-state index >= 15 is 0 Å². The van der Waals surface area contributed by atoms with Gasteiger partial charge in [-0.3, -0.25) is 9.59 Å².